The van der Waals surface area contributed by atoms with E-state index in [4.69, 9.17) is 14.6 Å². The number of hydrogen-bond donors (Lipinski definition) is 1. The summed E-state index contributed by atoms with van der Waals surface area (Å²) in [6.45, 7) is 9.29. The number of ether oxygens (including phenoxy) is 2. The van der Waals surface area contributed by atoms with Gasteiger partial charge >= 0.3 is 6.09 Å². The molecule has 1 aliphatic rings. The zero-order valence-corrected chi connectivity index (χ0v) is 10.6. The van der Waals surface area contributed by atoms with Crippen molar-refractivity contribution in [3.63, 3.8) is 0 Å². The maximum atomic E-state index is 11.9. The number of aliphatic hydroxyl groups excluding tert-OH is 1. The van der Waals surface area contributed by atoms with Crippen molar-refractivity contribution in [1.82, 2.24) is 4.90 Å². The molecule has 0 bridgehead atoms. The Balaban J connectivity index is 2.69. The Morgan fingerprint density at radius 1 is 1.56 bits per heavy atom. The highest BCUT2D eigenvalue weighted by atomic mass is 16.6. The van der Waals surface area contributed by atoms with E-state index in [2.05, 4.69) is 0 Å². The first-order valence-electron chi connectivity index (χ1n) is 5.45. The van der Waals surface area contributed by atoms with Crippen molar-refractivity contribution < 1.29 is 19.4 Å². The molecule has 0 aromatic rings. The normalized spacial score (nSPS) is 24.6. The molecule has 1 amide bonds. The van der Waals surface area contributed by atoms with Crippen molar-refractivity contribution in [3.05, 3.63) is 0 Å². The van der Waals surface area contributed by atoms with E-state index in [1.165, 1.54) is 4.90 Å². The minimum absolute atomic E-state index is 0.0945. The summed E-state index contributed by atoms with van der Waals surface area (Å²) >= 11 is 0. The second-order valence-corrected chi connectivity index (χ2v) is 5.46. The predicted molar refractivity (Wildman–Crippen MR) is 59.0 cm³/mol. The van der Waals surface area contributed by atoms with E-state index in [9.17, 15) is 4.79 Å². The lowest BCUT2D eigenvalue weighted by molar-refractivity contribution is -0.0864. The molecule has 0 saturated carbocycles. The molecule has 1 unspecified atom stereocenters. The van der Waals surface area contributed by atoms with Gasteiger partial charge in [0, 0.05) is 0 Å². The molecular weight excluding hydrogens is 210 g/mol. The Kier molecular flexibility index (Phi) is 3.50. The van der Waals surface area contributed by atoms with Crippen LogP contribution < -0.4 is 0 Å². The molecule has 1 N–H and O–H groups in total. The van der Waals surface area contributed by atoms with Crippen LogP contribution in [0.25, 0.3) is 0 Å². The molecule has 1 rings (SSSR count). The van der Waals surface area contributed by atoms with E-state index in [0.717, 1.165) is 0 Å². The fourth-order valence-corrected chi connectivity index (χ4v) is 1.64. The summed E-state index contributed by atoms with van der Waals surface area (Å²) in [6.07, 6.45) is -0.740. The molecule has 5 heteroatoms. The summed E-state index contributed by atoms with van der Waals surface area (Å²) in [7, 11) is 0. The van der Waals surface area contributed by atoms with E-state index in [1.54, 1.807) is 13.8 Å². The zero-order valence-electron chi connectivity index (χ0n) is 10.6. The number of aliphatic hydroxyl groups is 1. The molecule has 1 aliphatic heterocycles. The fraction of sp³-hybridized carbons (Fsp3) is 0.909. The first kappa shape index (κ1) is 13.3. The van der Waals surface area contributed by atoms with Crippen LogP contribution in [0.3, 0.4) is 0 Å². The molecule has 1 saturated heterocycles. The largest absolute Gasteiger partial charge is 0.444 e. The maximum Gasteiger partial charge on any atom is 0.412 e. The first-order valence-corrected chi connectivity index (χ1v) is 5.45. The van der Waals surface area contributed by atoms with Gasteiger partial charge in [0.05, 0.1) is 13.2 Å². The molecular formula is C11H21NO4. The predicted octanol–water partition coefficient (Wildman–Crippen LogP) is 1.35. The Morgan fingerprint density at radius 2 is 2.12 bits per heavy atom. The molecule has 1 atom stereocenters. The van der Waals surface area contributed by atoms with Gasteiger partial charge in [-0.1, -0.05) is 0 Å². The van der Waals surface area contributed by atoms with E-state index >= 15 is 0 Å². The van der Waals surface area contributed by atoms with Crippen LogP contribution in [0.5, 0.6) is 0 Å². The average molecular weight is 231 g/mol. The molecule has 5 nitrogen and oxygen atoms in total. The number of nitrogens with zero attached hydrogens (tertiary/aromatic N) is 1. The third-order valence-corrected chi connectivity index (χ3v) is 2.31. The third kappa shape index (κ3) is 3.09. The molecule has 94 valence electrons. The highest BCUT2D eigenvalue weighted by molar-refractivity contribution is 5.69. The van der Waals surface area contributed by atoms with E-state index < -0.39 is 17.4 Å². The standard InChI is InChI=1S/C11H21NO4/c1-10(2,3)16-9(14)12-6-8(7-13)15-11(12,4)5/h8,13H,6-7H2,1-5H3. The van der Waals surface area contributed by atoms with Crippen LogP contribution in [0.1, 0.15) is 34.6 Å². The van der Waals surface area contributed by atoms with Crippen LogP contribution in [0.2, 0.25) is 0 Å². The molecule has 0 radical (unpaired) electrons. The molecule has 1 fully saturated rings. The van der Waals surface area contributed by atoms with E-state index in [0.29, 0.717) is 6.54 Å². The lowest BCUT2D eigenvalue weighted by Crippen LogP contribution is -2.46. The number of rotatable bonds is 1. The van der Waals surface area contributed by atoms with Gasteiger partial charge in [0.2, 0.25) is 0 Å². The van der Waals surface area contributed by atoms with Gasteiger partial charge in [0.1, 0.15) is 17.4 Å². The Bertz CT molecular complexity index is 270. The fourth-order valence-electron chi connectivity index (χ4n) is 1.64. The van der Waals surface area contributed by atoms with Crippen LogP contribution in [0.15, 0.2) is 0 Å². The number of hydrogen-bond acceptors (Lipinski definition) is 4. The SMILES string of the molecule is CC(C)(C)OC(=O)N1CC(CO)OC1(C)C. The van der Waals surface area contributed by atoms with Crippen LogP contribution in [-0.4, -0.2) is 46.7 Å². The second kappa shape index (κ2) is 4.22. The van der Waals surface area contributed by atoms with Crippen LogP contribution in [-0.2, 0) is 9.47 Å². The van der Waals surface area contributed by atoms with Gasteiger partial charge in [0.15, 0.2) is 0 Å². The van der Waals surface area contributed by atoms with Gasteiger partial charge < -0.3 is 14.6 Å². The van der Waals surface area contributed by atoms with Crippen molar-refractivity contribution >= 4 is 6.09 Å². The molecule has 0 aliphatic carbocycles. The molecule has 1 heterocycles. The lowest BCUT2D eigenvalue weighted by Gasteiger charge is -2.31. The van der Waals surface area contributed by atoms with Crippen molar-refractivity contribution in [2.45, 2.75) is 52.0 Å². The summed E-state index contributed by atoms with van der Waals surface area (Å²) < 4.78 is 10.8. The van der Waals surface area contributed by atoms with Gasteiger partial charge in [-0.3, -0.25) is 4.90 Å². The summed E-state index contributed by atoms with van der Waals surface area (Å²) in [5, 5.41) is 9.03. The number of carbonyl (C=O) groups excluding carboxylic acids is 1. The third-order valence-electron chi connectivity index (χ3n) is 2.31. The summed E-state index contributed by atoms with van der Waals surface area (Å²) in [4.78, 5) is 13.4. The van der Waals surface area contributed by atoms with Gasteiger partial charge in [-0.15, -0.1) is 0 Å². The highest BCUT2D eigenvalue weighted by Gasteiger charge is 2.43. The van der Waals surface area contributed by atoms with Crippen LogP contribution in [0, 0.1) is 0 Å². The summed E-state index contributed by atoms with van der Waals surface area (Å²) in [5.74, 6) is 0. The van der Waals surface area contributed by atoms with Crippen molar-refractivity contribution in [2.24, 2.45) is 0 Å². The second-order valence-electron chi connectivity index (χ2n) is 5.46. The molecule has 16 heavy (non-hydrogen) atoms. The van der Waals surface area contributed by atoms with Crippen molar-refractivity contribution in [3.8, 4) is 0 Å². The summed E-state index contributed by atoms with van der Waals surface area (Å²) in [5.41, 5.74) is -1.25. The monoisotopic (exact) mass is 231 g/mol. The van der Waals surface area contributed by atoms with Gasteiger partial charge in [-0.2, -0.15) is 0 Å². The average Bonchev–Trinajstić information content (AvgIpc) is 2.37. The minimum atomic E-state index is -0.726. The van der Waals surface area contributed by atoms with Crippen LogP contribution in [0.4, 0.5) is 4.79 Å². The molecule has 0 aromatic heterocycles. The smallest absolute Gasteiger partial charge is 0.412 e. The Hall–Kier alpha value is -0.810. The number of carbonyl (C=O) groups is 1. The first-order chi connectivity index (χ1) is 7.15. The molecule has 0 aromatic carbocycles. The van der Waals surface area contributed by atoms with Gasteiger partial charge in [0.25, 0.3) is 0 Å². The van der Waals surface area contributed by atoms with E-state index in [-0.39, 0.29) is 12.7 Å². The lowest BCUT2D eigenvalue weighted by atomic mass is 10.2. The zero-order chi connectivity index (χ0) is 12.6. The quantitative estimate of drug-likeness (QED) is 0.740. The van der Waals surface area contributed by atoms with Gasteiger partial charge in [-0.05, 0) is 34.6 Å². The minimum Gasteiger partial charge on any atom is -0.444 e. The Morgan fingerprint density at radius 3 is 2.50 bits per heavy atom. The highest BCUT2D eigenvalue weighted by Crippen LogP contribution is 2.28. The molecule has 0 spiro atoms. The number of amides is 1. The Labute approximate surface area is 96.3 Å². The van der Waals surface area contributed by atoms with Gasteiger partial charge in [-0.25, -0.2) is 4.79 Å². The maximum absolute atomic E-state index is 11.9. The topological polar surface area (TPSA) is 59.0 Å². The van der Waals surface area contributed by atoms with Crippen molar-refractivity contribution in [2.75, 3.05) is 13.2 Å². The van der Waals surface area contributed by atoms with Crippen LogP contribution >= 0.6 is 0 Å². The van der Waals surface area contributed by atoms with E-state index in [1.807, 2.05) is 20.8 Å². The van der Waals surface area contributed by atoms with Crippen molar-refractivity contribution in [1.29, 1.82) is 0 Å². The summed E-state index contributed by atoms with van der Waals surface area (Å²) in [6, 6.07) is 0.